The van der Waals surface area contributed by atoms with Crippen LogP contribution in [-0.4, -0.2) is 82.3 Å². The lowest BCUT2D eigenvalue weighted by Crippen LogP contribution is -2.49. The van der Waals surface area contributed by atoms with E-state index in [-0.39, 0.29) is 40.7 Å². The van der Waals surface area contributed by atoms with Crippen LogP contribution < -0.4 is 14.2 Å². The van der Waals surface area contributed by atoms with E-state index in [1.807, 2.05) is 25.9 Å². The Balaban J connectivity index is 1.98. The molecule has 0 unspecified atom stereocenters. The second-order valence-electron chi connectivity index (χ2n) is 8.88. The van der Waals surface area contributed by atoms with Crippen LogP contribution in [0.15, 0.2) is 47.4 Å². The van der Waals surface area contributed by atoms with Gasteiger partial charge in [0.2, 0.25) is 0 Å². The first-order valence-electron chi connectivity index (χ1n) is 11.1. The zero-order valence-electron chi connectivity index (χ0n) is 20.2. The van der Waals surface area contributed by atoms with Crippen molar-refractivity contribution >= 4 is 21.6 Å². The average molecular weight is 492 g/mol. The summed E-state index contributed by atoms with van der Waals surface area (Å²) in [6, 6.07) is 10.3. The molecular weight excluding hydrogens is 458 g/mol. The van der Waals surface area contributed by atoms with Crippen LogP contribution in [0.3, 0.4) is 0 Å². The van der Waals surface area contributed by atoms with E-state index in [4.69, 9.17) is 9.47 Å². The number of hydrogen-bond acceptors (Lipinski definition) is 7. The molecule has 0 spiro atoms. The lowest BCUT2D eigenvalue weighted by atomic mass is 9.99. The monoisotopic (exact) mass is 491 g/mol. The SMILES string of the molecule is COc1ccc(S(=O)(=O)Nc2ccc3c(c2)C(=O)N([C@H](C)CO)C[C@H](C)[C@@H](CN(C)C)O3)cc1. The number of hydrogen-bond donors (Lipinski definition) is 2. The van der Waals surface area contributed by atoms with Gasteiger partial charge in [-0.15, -0.1) is 0 Å². The summed E-state index contributed by atoms with van der Waals surface area (Å²) in [5.74, 6) is 0.618. The molecule has 2 N–H and O–H groups in total. The predicted octanol–water partition coefficient (Wildman–Crippen LogP) is 2.28. The van der Waals surface area contributed by atoms with Gasteiger partial charge in [-0.05, 0) is 63.5 Å². The van der Waals surface area contributed by atoms with Gasteiger partial charge in [-0.3, -0.25) is 9.52 Å². The molecule has 3 rings (SSSR count). The summed E-state index contributed by atoms with van der Waals surface area (Å²) in [6.45, 7) is 4.66. The number of benzene rings is 2. The molecule has 9 nitrogen and oxygen atoms in total. The fraction of sp³-hybridized carbons (Fsp3) is 0.458. The summed E-state index contributed by atoms with van der Waals surface area (Å²) in [5, 5.41) is 9.75. The van der Waals surface area contributed by atoms with Crippen molar-refractivity contribution < 1.29 is 27.8 Å². The highest BCUT2D eigenvalue weighted by Crippen LogP contribution is 2.31. The fourth-order valence-corrected chi connectivity index (χ4v) is 4.88. The summed E-state index contributed by atoms with van der Waals surface area (Å²) in [4.78, 5) is 17.2. The van der Waals surface area contributed by atoms with Crippen LogP contribution >= 0.6 is 0 Å². The van der Waals surface area contributed by atoms with Gasteiger partial charge >= 0.3 is 0 Å². The minimum atomic E-state index is -3.89. The molecule has 0 saturated heterocycles. The van der Waals surface area contributed by atoms with E-state index < -0.39 is 16.1 Å². The Hall–Kier alpha value is -2.82. The number of anilines is 1. The second kappa shape index (κ2) is 10.6. The number of rotatable bonds is 8. The molecule has 1 heterocycles. The summed E-state index contributed by atoms with van der Waals surface area (Å²) in [7, 11) is 1.52. The van der Waals surface area contributed by atoms with Crippen molar-refractivity contribution in [3.63, 3.8) is 0 Å². The van der Waals surface area contributed by atoms with Gasteiger partial charge in [0.15, 0.2) is 0 Å². The number of nitrogens with one attached hydrogen (secondary N) is 1. The molecular formula is C24H33N3O6S. The first-order chi connectivity index (χ1) is 16.1. The molecule has 0 aromatic heterocycles. The Morgan fingerprint density at radius 1 is 1.24 bits per heavy atom. The van der Waals surface area contributed by atoms with Crippen molar-refractivity contribution in [1.29, 1.82) is 0 Å². The van der Waals surface area contributed by atoms with E-state index >= 15 is 0 Å². The molecule has 10 heteroatoms. The molecule has 186 valence electrons. The third-order valence-corrected chi connectivity index (χ3v) is 7.23. The summed E-state index contributed by atoms with van der Waals surface area (Å²) in [5.41, 5.74) is 0.479. The Bertz CT molecular complexity index is 1100. The smallest absolute Gasteiger partial charge is 0.261 e. The van der Waals surface area contributed by atoms with Gasteiger partial charge in [-0.25, -0.2) is 8.42 Å². The second-order valence-corrected chi connectivity index (χ2v) is 10.6. The topological polar surface area (TPSA) is 108 Å². The first kappa shape index (κ1) is 25.8. The van der Waals surface area contributed by atoms with Crippen LogP contribution in [0.5, 0.6) is 11.5 Å². The van der Waals surface area contributed by atoms with Crippen LogP contribution in [0, 0.1) is 5.92 Å². The highest BCUT2D eigenvalue weighted by Gasteiger charge is 2.33. The maximum atomic E-state index is 13.5. The van der Waals surface area contributed by atoms with Gasteiger partial charge in [0.25, 0.3) is 15.9 Å². The number of sulfonamides is 1. The Kier molecular flexibility index (Phi) is 8.06. The van der Waals surface area contributed by atoms with Gasteiger partial charge < -0.3 is 24.4 Å². The molecule has 2 aromatic rings. The molecule has 0 saturated carbocycles. The minimum Gasteiger partial charge on any atom is -0.497 e. The van der Waals surface area contributed by atoms with E-state index in [9.17, 15) is 18.3 Å². The summed E-state index contributed by atoms with van der Waals surface area (Å²) >= 11 is 0. The van der Waals surface area contributed by atoms with Gasteiger partial charge in [0.1, 0.15) is 17.6 Å². The number of aliphatic hydroxyl groups excluding tert-OH is 1. The molecule has 0 bridgehead atoms. The maximum Gasteiger partial charge on any atom is 0.261 e. The molecule has 0 fully saturated rings. The molecule has 34 heavy (non-hydrogen) atoms. The zero-order valence-corrected chi connectivity index (χ0v) is 21.0. The number of carbonyl (C=O) groups is 1. The van der Waals surface area contributed by atoms with Crippen LogP contribution in [0.25, 0.3) is 0 Å². The molecule has 1 aliphatic heterocycles. The quantitative estimate of drug-likeness (QED) is 0.583. The van der Waals surface area contributed by atoms with Crippen molar-refractivity contribution in [3.8, 4) is 11.5 Å². The normalized spacial score (nSPS) is 19.6. The number of amides is 1. The van der Waals surface area contributed by atoms with Gasteiger partial charge in [0, 0.05) is 24.7 Å². The van der Waals surface area contributed by atoms with Crippen LogP contribution in [0.4, 0.5) is 5.69 Å². The molecule has 3 atom stereocenters. The Morgan fingerprint density at radius 3 is 2.50 bits per heavy atom. The Morgan fingerprint density at radius 2 is 1.91 bits per heavy atom. The van der Waals surface area contributed by atoms with Crippen LogP contribution in [-0.2, 0) is 10.0 Å². The standard InChI is InChI=1S/C24H33N3O6S/c1-16-13-27(17(2)15-28)24(29)21-12-18(6-11-22(21)33-23(16)14-26(3)4)25-34(30,31)20-9-7-19(32-5)8-10-20/h6-12,16-17,23,25,28H,13-15H2,1-5H3/t16-,17+,23+/m0/s1. The molecule has 2 aromatic carbocycles. The van der Waals surface area contributed by atoms with Crippen molar-refractivity contribution in [2.24, 2.45) is 5.92 Å². The lowest BCUT2D eigenvalue weighted by Gasteiger charge is -2.37. The number of aliphatic hydroxyl groups is 1. The molecule has 1 amide bonds. The van der Waals surface area contributed by atoms with Crippen molar-refractivity contribution in [3.05, 3.63) is 48.0 Å². The Labute approximate surface area is 201 Å². The summed E-state index contributed by atoms with van der Waals surface area (Å²) < 4.78 is 39.6. The number of fused-ring (bicyclic) bond motifs is 1. The van der Waals surface area contributed by atoms with Crippen LogP contribution in [0.1, 0.15) is 24.2 Å². The highest BCUT2D eigenvalue weighted by molar-refractivity contribution is 7.92. The number of likely N-dealkylation sites (N-methyl/N-ethyl adjacent to an activating group) is 1. The van der Waals surface area contributed by atoms with Crippen LogP contribution in [0.2, 0.25) is 0 Å². The number of ether oxygens (including phenoxy) is 2. The van der Waals surface area contributed by atoms with Gasteiger partial charge in [-0.1, -0.05) is 6.92 Å². The predicted molar refractivity (Wildman–Crippen MR) is 130 cm³/mol. The average Bonchev–Trinajstić information content (AvgIpc) is 2.80. The lowest BCUT2D eigenvalue weighted by molar-refractivity contribution is 0.0363. The molecule has 0 aliphatic carbocycles. The minimum absolute atomic E-state index is 0.0155. The number of methoxy groups -OCH3 is 1. The third-order valence-electron chi connectivity index (χ3n) is 5.83. The largest absolute Gasteiger partial charge is 0.497 e. The van der Waals surface area contributed by atoms with Crippen molar-refractivity contribution in [2.45, 2.75) is 30.9 Å². The van der Waals surface area contributed by atoms with E-state index in [1.165, 1.54) is 25.3 Å². The molecule has 1 aliphatic rings. The van der Waals surface area contributed by atoms with E-state index in [2.05, 4.69) is 4.72 Å². The van der Waals surface area contributed by atoms with Crippen molar-refractivity contribution in [1.82, 2.24) is 9.80 Å². The first-order valence-corrected chi connectivity index (χ1v) is 12.6. The summed E-state index contributed by atoms with van der Waals surface area (Å²) in [6.07, 6.45) is -0.197. The molecule has 0 radical (unpaired) electrons. The number of nitrogens with zero attached hydrogens (tertiary/aromatic N) is 2. The zero-order chi connectivity index (χ0) is 25.0. The van der Waals surface area contributed by atoms with E-state index in [0.29, 0.717) is 24.6 Å². The highest BCUT2D eigenvalue weighted by atomic mass is 32.2. The van der Waals surface area contributed by atoms with Crippen molar-refractivity contribution in [2.75, 3.05) is 45.6 Å². The van der Waals surface area contributed by atoms with Gasteiger partial charge in [-0.2, -0.15) is 0 Å². The third kappa shape index (κ3) is 5.81. The fourth-order valence-electron chi connectivity index (χ4n) is 3.83. The maximum absolute atomic E-state index is 13.5. The van der Waals surface area contributed by atoms with E-state index in [0.717, 1.165) is 0 Å². The van der Waals surface area contributed by atoms with E-state index in [1.54, 1.807) is 36.1 Å². The number of carbonyl (C=O) groups excluding carboxylic acids is 1. The van der Waals surface area contributed by atoms with Gasteiger partial charge in [0.05, 0.1) is 30.2 Å².